The number of unbranched alkanes of at least 4 members (excludes halogenated alkanes) is 3. The molecule has 0 heterocycles. The summed E-state index contributed by atoms with van der Waals surface area (Å²) in [5.74, 6) is 0. The van der Waals surface area contributed by atoms with Crippen molar-refractivity contribution < 1.29 is 0 Å². The molecule has 2 heteroatoms. The normalized spacial score (nSPS) is 14.3. The van der Waals surface area contributed by atoms with Gasteiger partial charge in [-0.15, -0.1) is 0 Å². The molecule has 0 aliphatic heterocycles. The topological polar surface area (TPSA) is 0 Å². The van der Waals surface area contributed by atoms with Crippen molar-refractivity contribution in [2.75, 3.05) is 0 Å². The van der Waals surface area contributed by atoms with E-state index in [0.29, 0.717) is 0 Å². The Hall–Kier alpha value is -1.12. The first-order valence-electron chi connectivity index (χ1n) is 16.7. The first-order valence-corrected chi connectivity index (χ1v) is 18.3. The lowest BCUT2D eigenvalue weighted by Gasteiger charge is -2.34. The van der Waals surface area contributed by atoms with Gasteiger partial charge in [0.05, 0.1) is 0 Å². The van der Waals surface area contributed by atoms with Crippen molar-refractivity contribution in [1.82, 2.24) is 0 Å². The summed E-state index contributed by atoms with van der Waals surface area (Å²) < 4.78 is 2.46. The molecule has 0 aliphatic rings. The number of allylic oxidation sites excluding steroid dienone is 4. The highest BCUT2D eigenvalue weighted by atomic mass is 79.9. The average Bonchev–Trinajstić information content (AvgIpc) is 2.82. The molecular formula is C42H64Br2. The van der Waals surface area contributed by atoms with E-state index in [1.54, 1.807) is 0 Å². The third-order valence-corrected chi connectivity index (χ3v) is 10.1. The van der Waals surface area contributed by atoms with Crippen LogP contribution in [0.5, 0.6) is 0 Å². The molecule has 0 unspecified atom stereocenters. The van der Waals surface area contributed by atoms with Crippen LogP contribution in [0.1, 0.15) is 170 Å². The minimum absolute atomic E-state index is 0.0531. The van der Waals surface area contributed by atoms with Crippen LogP contribution in [0.15, 0.2) is 57.5 Å². The minimum Gasteiger partial charge on any atom is -0.0877 e. The Morgan fingerprint density at radius 3 is 1.00 bits per heavy atom. The number of hydrogen-bond donors (Lipinski definition) is 0. The van der Waals surface area contributed by atoms with E-state index in [4.69, 9.17) is 0 Å². The maximum absolute atomic E-state index is 3.99. The van der Waals surface area contributed by atoms with Gasteiger partial charge in [0.15, 0.2) is 0 Å². The van der Waals surface area contributed by atoms with E-state index in [1.807, 2.05) is 0 Å². The standard InChI is InChI=1S/C42H64Br2/c1-37(2,3)29-25-31(39(7,8)9)35(33(43)27-29)41(13,14)23-21-19-17-18-20-22-24-42(15,16)36-32(40(10,11)12)26-30(28-34(36)44)38(4,5)6/h21-28H,17-20H2,1-16H3/b23-21+,24-22+. The maximum Gasteiger partial charge on any atom is 0.0221 e. The SMILES string of the molecule is CC(C)(C)c1cc(Br)c(C(C)(C)/C=C/CCCC/C=C/C(C)(C)c2c(Br)cc(C(C)(C)C)cc2C(C)(C)C)c(C(C)(C)C)c1. The van der Waals surface area contributed by atoms with Gasteiger partial charge in [-0.1, -0.05) is 179 Å². The summed E-state index contributed by atoms with van der Waals surface area (Å²) in [4.78, 5) is 0. The van der Waals surface area contributed by atoms with E-state index < -0.39 is 0 Å². The summed E-state index contributed by atoms with van der Waals surface area (Å²) in [7, 11) is 0. The summed E-state index contributed by atoms with van der Waals surface area (Å²) in [6.07, 6.45) is 14.3. The average molecular weight is 729 g/mol. The smallest absolute Gasteiger partial charge is 0.0221 e. The minimum atomic E-state index is -0.0531. The van der Waals surface area contributed by atoms with Gasteiger partial charge in [0.1, 0.15) is 0 Å². The quantitative estimate of drug-likeness (QED) is 0.178. The Balaban J connectivity index is 2.14. The molecule has 0 aromatic heterocycles. The van der Waals surface area contributed by atoms with Crippen LogP contribution in [-0.2, 0) is 32.5 Å². The van der Waals surface area contributed by atoms with E-state index in [1.165, 1.54) is 55.2 Å². The molecule has 0 saturated heterocycles. The molecule has 0 fully saturated rings. The van der Waals surface area contributed by atoms with Gasteiger partial charge in [-0.3, -0.25) is 0 Å². The van der Waals surface area contributed by atoms with E-state index in [0.717, 1.165) is 12.8 Å². The molecule has 246 valence electrons. The van der Waals surface area contributed by atoms with Crippen LogP contribution >= 0.6 is 31.9 Å². The van der Waals surface area contributed by atoms with Gasteiger partial charge in [0.2, 0.25) is 0 Å². The molecule has 2 rings (SSSR count). The second-order valence-corrected chi connectivity index (χ2v) is 20.0. The fourth-order valence-corrected chi connectivity index (χ4v) is 7.96. The lowest BCUT2D eigenvalue weighted by Crippen LogP contribution is -2.25. The lowest BCUT2D eigenvalue weighted by molar-refractivity contribution is 0.541. The lowest BCUT2D eigenvalue weighted by atomic mass is 9.71. The van der Waals surface area contributed by atoms with Crippen LogP contribution in [0.3, 0.4) is 0 Å². The molecule has 2 aromatic carbocycles. The van der Waals surface area contributed by atoms with E-state index in [9.17, 15) is 0 Å². The molecule has 0 radical (unpaired) electrons. The Kier molecular flexibility index (Phi) is 12.4. The van der Waals surface area contributed by atoms with Crippen molar-refractivity contribution >= 4 is 31.9 Å². The summed E-state index contributed by atoms with van der Waals surface area (Å²) in [6.45, 7) is 37.3. The van der Waals surface area contributed by atoms with Crippen LogP contribution < -0.4 is 0 Å². The van der Waals surface area contributed by atoms with Crippen molar-refractivity contribution in [1.29, 1.82) is 0 Å². The third-order valence-electron chi connectivity index (χ3n) is 8.88. The van der Waals surface area contributed by atoms with Gasteiger partial charge in [-0.2, -0.15) is 0 Å². The Morgan fingerprint density at radius 1 is 0.455 bits per heavy atom. The van der Waals surface area contributed by atoms with Gasteiger partial charge < -0.3 is 0 Å². The van der Waals surface area contributed by atoms with Crippen molar-refractivity contribution in [3.63, 3.8) is 0 Å². The van der Waals surface area contributed by atoms with E-state index in [2.05, 4.69) is 191 Å². The number of rotatable bonds is 9. The van der Waals surface area contributed by atoms with Gasteiger partial charge in [-0.05, 0) is 92.9 Å². The van der Waals surface area contributed by atoms with Gasteiger partial charge in [-0.25, -0.2) is 0 Å². The zero-order valence-electron chi connectivity index (χ0n) is 31.2. The maximum atomic E-state index is 3.99. The number of halogens is 2. The molecule has 0 saturated carbocycles. The molecule has 0 aliphatic carbocycles. The third kappa shape index (κ3) is 10.2. The molecule has 0 bridgehead atoms. The zero-order valence-corrected chi connectivity index (χ0v) is 34.4. The second kappa shape index (κ2) is 13.9. The highest BCUT2D eigenvalue weighted by Gasteiger charge is 2.32. The molecule has 0 atom stereocenters. The predicted octanol–water partition coefficient (Wildman–Crippen LogP) is 14.3. The first kappa shape index (κ1) is 39.1. The fraction of sp³-hybridized carbons (Fsp3) is 0.619. The van der Waals surface area contributed by atoms with Crippen molar-refractivity contribution in [2.45, 2.75) is 169 Å². The largest absolute Gasteiger partial charge is 0.0877 e. The molecule has 0 amide bonds. The first-order chi connectivity index (χ1) is 19.7. The van der Waals surface area contributed by atoms with Crippen LogP contribution in [0.2, 0.25) is 0 Å². The van der Waals surface area contributed by atoms with Gasteiger partial charge in [0.25, 0.3) is 0 Å². The van der Waals surface area contributed by atoms with Crippen molar-refractivity contribution in [2.24, 2.45) is 0 Å². The molecule has 0 nitrogen and oxygen atoms in total. The Morgan fingerprint density at radius 2 is 0.750 bits per heavy atom. The number of hydrogen-bond acceptors (Lipinski definition) is 0. The van der Waals surface area contributed by atoms with Crippen LogP contribution in [0.25, 0.3) is 0 Å². The van der Waals surface area contributed by atoms with E-state index >= 15 is 0 Å². The van der Waals surface area contributed by atoms with Crippen LogP contribution in [-0.4, -0.2) is 0 Å². The zero-order chi connectivity index (χ0) is 34.1. The second-order valence-electron chi connectivity index (χ2n) is 18.3. The summed E-state index contributed by atoms with van der Waals surface area (Å²) in [5, 5.41) is 0. The Labute approximate surface area is 290 Å². The summed E-state index contributed by atoms with van der Waals surface area (Å²) in [5.41, 5.74) is 8.75. The van der Waals surface area contributed by atoms with E-state index in [-0.39, 0.29) is 32.5 Å². The van der Waals surface area contributed by atoms with Crippen LogP contribution in [0, 0.1) is 0 Å². The van der Waals surface area contributed by atoms with Crippen LogP contribution in [0.4, 0.5) is 0 Å². The summed E-state index contributed by atoms with van der Waals surface area (Å²) >= 11 is 7.98. The van der Waals surface area contributed by atoms with Gasteiger partial charge >= 0.3 is 0 Å². The van der Waals surface area contributed by atoms with Crippen molar-refractivity contribution in [3.8, 4) is 0 Å². The molecule has 2 aromatic rings. The molecule has 0 spiro atoms. The monoisotopic (exact) mass is 726 g/mol. The van der Waals surface area contributed by atoms with Crippen molar-refractivity contribution in [3.05, 3.63) is 90.9 Å². The summed E-state index contributed by atoms with van der Waals surface area (Å²) in [6, 6.07) is 9.59. The molecule has 0 N–H and O–H groups in total. The molecular weight excluding hydrogens is 664 g/mol. The Bertz CT molecular complexity index is 1230. The van der Waals surface area contributed by atoms with Gasteiger partial charge in [0, 0.05) is 19.8 Å². The highest BCUT2D eigenvalue weighted by Crippen LogP contribution is 2.44. The number of benzene rings is 2. The highest BCUT2D eigenvalue weighted by molar-refractivity contribution is 9.10. The fourth-order valence-electron chi connectivity index (χ4n) is 6.02. The molecule has 44 heavy (non-hydrogen) atoms. The predicted molar refractivity (Wildman–Crippen MR) is 206 cm³/mol.